The van der Waals surface area contributed by atoms with Crippen molar-refractivity contribution >= 4 is 0 Å². The van der Waals surface area contributed by atoms with E-state index in [2.05, 4.69) is 79.4 Å². The Morgan fingerprint density at radius 2 is 1.54 bits per heavy atom. The Hall–Kier alpha value is -2.30. The van der Waals surface area contributed by atoms with E-state index in [-0.39, 0.29) is 0 Å². The van der Waals surface area contributed by atoms with Crippen LogP contribution in [0.4, 0.5) is 0 Å². The maximum absolute atomic E-state index is 5.60. The van der Waals surface area contributed by atoms with Crippen LogP contribution in [0.25, 0.3) is 11.1 Å². The van der Waals surface area contributed by atoms with Gasteiger partial charge in [-0.05, 0) is 66.7 Å². The van der Waals surface area contributed by atoms with Crippen molar-refractivity contribution in [1.82, 2.24) is 0 Å². The number of hydrogen-bond donors (Lipinski definition) is 0. The molecule has 3 rings (SSSR count). The fraction of sp³-hybridized carbons (Fsp3) is 0.407. The maximum Gasteiger partial charge on any atom is 0.108 e. The lowest BCUT2D eigenvalue weighted by Gasteiger charge is -2.27. The summed E-state index contributed by atoms with van der Waals surface area (Å²) in [5.41, 5.74) is 5.24. The van der Waals surface area contributed by atoms with Crippen molar-refractivity contribution in [3.63, 3.8) is 0 Å². The van der Waals surface area contributed by atoms with Gasteiger partial charge in [0.25, 0.3) is 0 Å². The molecule has 0 aliphatic heterocycles. The van der Waals surface area contributed by atoms with Crippen molar-refractivity contribution in [2.45, 2.75) is 58.5 Å². The number of ether oxygens (including phenoxy) is 1. The Labute approximate surface area is 170 Å². The predicted octanol–water partition coefficient (Wildman–Crippen LogP) is 7.13. The Balaban J connectivity index is 1.55. The molecule has 1 aliphatic rings. The molecule has 0 saturated heterocycles. The average Bonchev–Trinajstić information content (AvgIpc) is 2.75. The first-order valence-corrected chi connectivity index (χ1v) is 10.7. The smallest absolute Gasteiger partial charge is 0.108 e. The van der Waals surface area contributed by atoms with Gasteiger partial charge in [0.2, 0.25) is 0 Å². The highest BCUT2D eigenvalue weighted by atomic mass is 16.5. The van der Waals surface area contributed by atoms with E-state index in [1.165, 1.54) is 47.9 Å². The van der Waals surface area contributed by atoms with Crippen molar-refractivity contribution in [3.05, 3.63) is 71.8 Å². The zero-order chi connectivity index (χ0) is 19.6. The second-order valence-electron chi connectivity index (χ2n) is 7.66. The largest absolute Gasteiger partial charge is 0.364 e. The monoisotopic (exact) mass is 372 g/mol. The number of allylic oxidation sites excluding steroid dienone is 2. The normalized spacial score (nSPS) is 19.4. The molecule has 28 heavy (non-hydrogen) atoms. The quantitative estimate of drug-likeness (QED) is 0.298. The highest BCUT2D eigenvalue weighted by molar-refractivity contribution is 5.64. The molecule has 1 aliphatic carbocycles. The highest BCUT2D eigenvalue weighted by Gasteiger charge is 2.20. The van der Waals surface area contributed by atoms with Crippen LogP contribution in [0.3, 0.4) is 0 Å². The standard InChI is InChI=1S/C27H32O/c1-3-5-6-20-28-21-23-10-14-25(15-11-23)27-18-16-26(17-19-27)24-12-8-22(7-4-2)9-13-24/h4,7,10-11,14-19,22,24H,3,8-9,12-13,20-21H2,1-2H3/b7-4-/t22-,24-. The van der Waals surface area contributed by atoms with Crippen molar-refractivity contribution in [3.8, 4) is 23.0 Å². The molecule has 0 unspecified atom stereocenters. The zero-order valence-electron chi connectivity index (χ0n) is 17.3. The van der Waals surface area contributed by atoms with E-state index in [1.54, 1.807) is 0 Å². The summed E-state index contributed by atoms with van der Waals surface area (Å²) in [6.45, 7) is 5.31. The minimum atomic E-state index is 0.508. The van der Waals surface area contributed by atoms with E-state index in [1.807, 2.05) is 6.92 Å². The lowest BCUT2D eigenvalue weighted by atomic mass is 9.78. The predicted molar refractivity (Wildman–Crippen MR) is 119 cm³/mol. The molecule has 1 heteroatoms. The van der Waals surface area contributed by atoms with E-state index < -0.39 is 0 Å². The molecule has 2 aromatic carbocycles. The summed E-state index contributed by atoms with van der Waals surface area (Å²) < 4.78 is 5.60. The van der Waals surface area contributed by atoms with Gasteiger partial charge in [-0.1, -0.05) is 73.5 Å². The van der Waals surface area contributed by atoms with Crippen LogP contribution in [0.15, 0.2) is 60.7 Å². The van der Waals surface area contributed by atoms with Crippen LogP contribution in [0, 0.1) is 17.8 Å². The lowest BCUT2D eigenvalue weighted by Crippen LogP contribution is -2.11. The Kier molecular flexibility index (Phi) is 7.94. The lowest BCUT2D eigenvalue weighted by molar-refractivity contribution is 0.153. The third kappa shape index (κ3) is 5.85. The number of hydrogen-bond acceptors (Lipinski definition) is 1. The van der Waals surface area contributed by atoms with Gasteiger partial charge in [0.15, 0.2) is 0 Å². The molecule has 0 amide bonds. The van der Waals surface area contributed by atoms with E-state index >= 15 is 0 Å². The first-order chi connectivity index (χ1) is 13.8. The van der Waals surface area contributed by atoms with Gasteiger partial charge in [-0.25, -0.2) is 0 Å². The summed E-state index contributed by atoms with van der Waals surface area (Å²) in [4.78, 5) is 0. The van der Waals surface area contributed by atoms with Crippen molar-refractivity contribution in [1.29, 1.82) is 0 Å². The SMILES string of the molecule is C/C=C\[C@H]1CC[C@H](c2ccc(-c3ccc(COCC#CCC)cc3)cc2)CC1. The van der Waals surface area contributed by atoms with Gasteiger partial charge in [0.05, 0.1) is 6.61 Å². The third-order valence-electron chi connectivity index (χ3n) is 5.65. The van der Waals surface area contributed by atoms with Crippen molar-refractivity contribution in [2.24, 2.45) is 5.92 Å². The van der Waals surface area contributed by atoms with Gasteiger partial charge in [0, 0.05) is 6.42 Å². The number of benzene rings is 2. The van der Waals surface area contributed by atoms with E-state index in [0.29, 0.717) is 13.2 Å². The van der Waals surface area contributed by atoms with Gasteiger partial charge in [-0.15, -0.1) is 5.92 Å². The summed E-state index contributed by atoms with van der Waals surface area (Å²) in [6.07, 6.45) is 10.7. The summed E-state index contributed by atoms with van der Waals surface area (Å²) in [7, 11) is 0. The molecule has 1 saturated carbocycles. The third-order valence-corrected chi connectivity index (χ3v) is 5.65. The fourth-order valence-corrected chi connectivity index (χ4v) is 4.05. The Bertz CT molecular complexity index is 794. The minimum absolute atomic E-state index is 0.508. The summed E-state index contributed by atoms with van der Waals surface area (Å²) in [5.74, 6) is 7.55. The first kappa shape index (κ1) is 20.4. The highest BCUT2D eigenvalue weighted by Crippen LogP contribution is 2.36. The van der Waals surface area contributed by atoms with Crippen LogP contribution < -0.4 is 0 Å². The van der Waals surface area contributed by atoms with Crippen LogP contribution >= 0.6 is 0 Å². The van der Waals surface area contributed by atoms with Gasteiger partial charge >= 0.3 is 0 Å². The van der Waals surface area contributed by atoms with Gasteiger partial charge in [-0.2, -0.15) is 0 Å². The molecule has 0 spiro atoms. The van der Waals surface area contributed by atoms with E-state index in [4.69, 9.17) is 4.74 Å². The van der Waals surface area contributed by atoms with Crippen LogP contribution in [-0.4, -0.2) is 6.61 Å². The summed E-state index contributed by atoms with van der Waals surface area (Å²) in [5, 5.41) is 0. The molecule has 0 N–H and O–H groups in total. The van der Waals surface area contributed by atoms with Gasteiger partial charge in [0.1, 0.15) is 6.61 Å². The van der Waals surface area contributed by atoms with Crippen molar-refractivity contribution in [2.75, 3.05) is 6.61 Å². The second-order valence-corrected chi connectivity index (χ2v) is 7.66. The molecule has 0 radical (unpaired) electrons. The maximum atomic E-state index is 5.60. The van der Waals surface area contributed by atoms with E-state index in [9.17, 15) is 0 Å². The van der Waals surface area contributed by atoms with Gasteiger partial charge in [-0.3, -0.25) is 0 Å². The molecule has 146 valence electrons. The minimum Gasteiger partial charge on any atom is -0.364 e. The molecule has 0 atom stereocenters. The molecule has 0 bridgehead atoms. The molecule has 1 nitrogen and oxygen atoms in total. The van der Waals surface area contributed by atoms with Crippen molar-refractivity contribution < 1.29 is 4.74 Å². The average molecular weight is 373 g/mol. The zero-order valence-corrected chi connectivity index (χ0v) is 17.3. The fourth-order valence-electron chi connectivity index (χ4n) is 4.05. The molecular weight excluding hydrogens is 340 g/mol. The molecule has 1 fully saturated rings. The summed E-state index contributed by atoms with van der Waals surface area (Å²) in [6, 6.07) is 17.9. The molecule has 2 aromatic rings. The van der Waals surface area contributed by atoms with Gasteiger partial charge < -0.3 is 4.74 Å². The summed E-state index contributed by atoms with van der Waals surface area (Å²) >= 11 is 0. The first-order valence-electron chi connectivity index (χ1n) is 10.7. The van der Waals surface area contributed by atoms with Crippen LogP contribution in [0.1, 0.15) is 63.0 Å². The topological polar surface area (TPSA) is 9.23 Å². The van der Waals surface area contributed by atoms with Crippen LogP contribution in [0.5, 0.6) is 0 Å². The van der Waals surface area contributed by atoms with E-state index in [0.717, 1.165) is 18.3 Å². The molecular formula is C27H32O. The molecule has 0 heterocycles. The Morgan fingerprint density at radius 3 is 2.14 bits per heavy atom. The Morgan fingerprint density at radius 1 is 0.893 bits per heavy atom. The van der Waals surface area contributed by atoms with Crippen LogP contribution in [-0.2, 0) is 11.3 Å². The second kappa shape index (κ2) is 10.9. The molecule has 0 aromatic heterocycles. The van der Waals surface area contributed by atoms with Crippen LogP contribution in [0.2, 0.25) is 0 Å². The number of rotatable bonds is 6.